The van der Waals surface area contributed by atoms with Crippen molar-refractivity contribution < 1.29 is 4.79 Å². The summed E-state index contributed by atoms with van der Waals surface area (Å²) in [5, 5.41) is 3.24. The molecule has 0 aromatic heterocycles. The third-order valence-corrected chi connectivity index (χ3v) is 3.53. The number of hydrogen-bond acceptors (Lipinski definition) is 3. The molecule has 0 aromatic carbocycles. The summed E-state index contributed by atoms with van der Waals surface area (Å²) in [6, 6.07) is 0.370. The number of Topliss-reactive ketones (excluding diaryl/α,β-unsaturated/α-hetero) is 1. The number of rotatable bonds is 5. The Bertz CT molecular complexity index is 351. The summed E-state index contributed by atoms with van der Waals surface area (Å²) in [5.41, 5.74) is 0.882. The normalized spacial score (nSPS) is 19.9. The van der Waals surface area contributed by atoms with Gasteiger partial charge < -0.3 is 5.32 Å². The Balaban J connectivity index is 1.76. The summed E-state index contributed by atoms with van der Waals surface area (Å²) in [5.74, 6) is 1.98. The van der Waals surface area contributed by atoms with Crippen LogP contribution in [0.4, 0.5) is 0 Å². The molecule has 3 heteroatoms. The summed E-state index contributed by atoms with van der Waals surface area (Å²) < 4.78 is 0. The Hall–Kier alpha value is -1.12. The minimum Gasteiger partial charge on any atom is -0.368 e. The van der Waals surface area contributed by atoms with E-state index in [1.807, 2.05) is 6.08 Å². The van der Waals surface area contributed by atoms with Gasteiger partial charge >= 0.3 is 0 Å². The summed E-state index contributed by atoms with van der Waals surface area (Å²) in [6.07, 6.45) is 7.70. The van der Waals surface area contributed by atoms with Crippen LogP contribution in [0, 0.1) is 5.92 Å². The van der Waals surface area contributed by atoms with Gasteiger partial charge in [0, 0.05) is 18.0 Å². The fraction of sp³-hybridized carbons (Fsp3) is 0.714. The molecule has 0 atom stereocenters. The molecular weight excluding hydrogens is 212 g/mol. The highest BCUT2D eigenvalue weighted by Gasteiger charge is 2.21. The molecule has 1 saturated carbocycles. The highest BCUT2D eigenvalue weighted by molar-refractivity contribution is 6.07. The van der Waals surface area contributed by atoms with E-state index in [4.69, 9.17) is 0 Å². The van der Waals surface area contributed by atoms with E-state index in [-0.39, 0.29) is 0 Å². The number of hydrogen-bond donors (Lipinski definition) is 1. The van der Waals surface area contributed by atoms with Crippen LogP contribution in [0.3, 0.4) is 0 Å². The van der Waals surface area contributed by atoms with Crippen LogP contribution in [0.15, 0.2) is 16.6 Å². The first-order valence-corrected chi connectivity index (χ1v) is 6.70. The Morgan fingerprint density at radius 1 is 1.53 bits per heavy atom. The van der Waals surface area contributed by atoms with Gasteiger partial charge in [-0.05, 0) is 32.3 Å². The molecule has 0 unspecified atom stereocenters. The van der Waals surface area contributed by atoms with E-state index in [1.54, 1.807) is 0 Å². The molecule has 0 spiro atoms. The minimum absolute atomic E-state index is 0.293. The number of aliphatic imine (C=N–C) groups is 1. The SMILES string of the molecule is CC(C)NC1=NCC(C(=O)CCC2CCC2)=C1. The number of carbonyl (C=O) groups is 1. The van der Waals surface area contributed by atoms with E-state index in [0.29, 0.717) is 24.8 Å². The van der Waals surface area contributed by atoms with E-state index in [1.165, 1.54) is 19.3 Å². The van der Waals surface area contributed by atoms with Crippen LogP contribution in [-0.2, 0) is 4.79 Å². The standard InChI is InChI=1S/C14H22N2O/c1-10(2)16-14-8-12(9-15-14)13(17)7-6-11-4-3-5-11/h8,10-11H,3-7,9H2,1-2H3,(H,15,16). The third-order valence-electron chi connectivity index (χ3n) is 3.53. The predicted molar refractivity (Wildman–Crippen MR) is 70.2 cm³/mol. The predicted octanol–water partition coefficient (Wildman–Crippen LogP) is 2.47. The van der Waals surface area contributed by atoms with Crippen molar-refractivity contribution in [2.45, 2.75) is 52.0 Å². The molecule has 1 N–H and O–H groups in total. The first-order chi connectivity index (χ1) is 8.15. The fourth-order valence-corrected chi connectivity index (χ4v) is 2.26. The first kappa shape index (κ1) is 12.3. The van der Waals surface area contributed by atoms with Crippen molar-refractivity contribution in [2.75, 3.05) is 6.54 Å². The molecule has 2 rings (SSSR count). The van der Waals surface area contributed by atoms with Gasteiger partial charge in [0.1, 0.15) is 5.84 Å². The maximum Gasteiger partial charge on any atom is 0.160 e. The molecule has 0 saturated heterocycles. The quantitative estimate of drug-likeness (QED) is 0.794. The van der Waals surface area contributed by atoms with Gasteiger partial charge in [-0.15, -0.1) is 0 Å². The lowest BCUT2D eigenvalue weighted by atomic mass is 9.81. The van der Waals surface area contributed by atoms with Crippen molar-refractivity contribution in [3.63, 3.8) is 0 Å². The van der Waals surface area contributed by atoms with Crippen LogP contribution >= 0.6 is 0 Å². The zero-order chi connectivity index (χ0) is 12.3. The summed E-state index contributed by atoms with van der Waals surface area (Å²) in [7, 11) is 0. The van der Waals surface area contributed by atoms with E-state index < -0.39 is 0 Å². The van der Waals surface area contributed by atoms with Crippen LogP contribution in [0.2, 0.25) is 0 Å². The maximum atomic E-state index is 12.0. The van der Waals surface area contributed by atoms with Crippen molar-refractivity contribution in [1.29, 1.82) is 0 Å². The van der Waals surface area contributed by atoms with Gasteiger partial charge in [-0.1, -0.05) is 19.3 Å². The summed E-state index contributed by atoms with van der Waals surface area (Å²) in [6.45, 7) is 4.72. The van der Waals surface area contributed by atoms with Crippen molar-refractivity contribution >= 4 is 11.6 Å². The Labute approximate surface area is 103 Å². The van der Waals surface area contributed by atoms with Crippen molar-refractivity contribution in [1.82, 2.24) is 5.32 Å². The van der Waals surface area contributed by atoms with Gasteiger partial charge in [0.25, 0.3) is 0 Å². The Morgan fingerprint density at radius 3 is 2.88 bits per heavy atom. The first-order valence-electron chi connectivity index (χ1n) is 6.70. The molecule has 94 valence electrons. The molecule has 17 heavy (non-hydrogen) atoms. The van der Waals surface area contributed by atoms with Crippen LogP contribution in [-0.4, -0.2) is 24.2 Å². The minimum atomic E-state index is 0.293. The van der Waals surface area contributed by atoms with E-state index >= 15 is 0 Å². The van der Waals surface area contributed by atoms with Crippen LogP contribution in [0.25, 0.3) is 0 Å². The van der Waals surface area contributed by atoms with Crippen LogP contribution in [0.1, 0.15) is 46.0 Å². The van der Waals surface area contributed by atoms with Crippen LogP contribution in [0.5, 0.6) is 0 Å². The summed E-state index contributed by atoms with van der Waals surface area (Å²) in [4.78, 5) is 16.3. The second-order valence-electron chi connectivity index (χ2n) is 5.43. The van der Waals surface area contributed by atoms with Gasteiger partial charge in [-0.2, -0.15) is 0 Å². The molecule has 1 heterocycles. The van der Waals surface area contributed by atoms with Gasteiger partial charge in [-0.25, -0.2) is 0 Å². The molecule has 3 nitrogen and oxygen atoms in total. The smallest absolute Gasteiger partial charge is 0.160 e. The zero-order valence-electron chi connectivity index (χ0n) is 10.8. The van der Waals surface area contributed by atoms with Crippen LogP contribution < -0.4 is 5.32 Å². The Morgan fingerprint density at radius 2 is 2.29 bits per heavy atom. The van der Waals surface area contributed by atoms with E-state index in [2.05, 4.69) is 24.2 Å². The highest BCUT2D eigenvalue weighted by Crippen LogP contribution is 2.30. The number of nitrogens with one attached hydrogen (secondary N) is 1. The number of carbonyl (C=O) groups excluding carboxylic acids is 1. The van der Waals surface area contributed by atoms with Crippen molar-refractivity contribution in [3.8, 4) is 0 Å². The lowest BCUT2D eigenvalue weighted by Gasteiger charge is -2.24. The Kier molecular flexibility index (Phi) is 3.97. The van der Waals surface area contributed by atoms with E-state index in [0.717, 1.165) is 23.7 Å². The molecule has 0 aromatic rings. The number of amidine groups is 1. The van der Waals surface area contributed by atoms with Gasteiger partial charge in [0.05, 0.1) is 6.54 Å². The average Bonchev–Trinajstić information content (AvgIpc) is 2.62. The molecule has 0 amide bonds. The maximum absolute atomic E-state index is 12.0. The largest absolute Gasteiger partial charge is 0.368 e. The number of ketones is 1. The van der Waals surface area contributed by atoms with Gasteiger partial charge in [-0.3, -0.25) is 9.79 Å². The second kappa shape index (κ2) is 5.48. The lowest BCUT2D eigenvalue weighted by Crippen LogP contribution is -2.27. The lowest BCUT2D eigenvalue weighted by molar-refractivity contribution is -0.115. The topological polar surface area (TPSA) is 41.5 Å². The molecule has 1 aliphatic carbocycles. The van der Waals surface area contributed by atoms with Crippen molar-refractivity contribution in [3.05, 3.63) is 11.6 Å². The van der Waals surface area contributed by atoms with Gasteiger partial charge in [0.2, 0.25) is 0 Å². The molecule has 1 fully saturated rings. The molecular formula is C14H22N2O. The monoisotopic (exact) mass is 234 g/mol. The average molecular weight is 234 g/mol. The van der Waals surface area contributed by atoms with Crippen molar-refractivity contribution in [2.24, 2.45) is 10.9 Å². The van der Waals surface area contributed by atoms with Gasteiger partial charge in [0.15, 0.2) is 5.78 Å². The second-order valence-corrected chi connectivity index (χ2v) is 5.43. The number of nitrogens with zero attached hydrogens (tertiary/aromatic N) is 1. The fourth-order valence-electron chi connectivity index (χ4n) is 2.26. The molecule has 0 radical (unpaired) electrons. The molecule has 0 bridgehead atoms. The third kappa shape index (κ3) is 3.42. The highest BCUT2D eigenvalue weighted by atomic mass is 16.1. The van der Waals surface area contributed by atoms with E-state index in [9.17, 15) is 4.79 Å². The molecule has 1 aliphatic heterocycles. The summed E-state index contributed by atoms with van der Waals surface area (Å²) >= 11 is 0. The molecule has 2 aliphatic rings. The zero-order valence-corrected chi connectivity index (χ0v) is 10.8.